The molecular formula is C11H19N5O4S. The van der Waals surface area contributed by atoms with Gasteiger partial charge in [-0.3, -0.25) is 9.89 Å². The SMILES string of the molecule is COC(=O)C1CCN(S(=O)(=O)NCCc2ncn[nH]2)CC1. The number of aromatic amines is 1. The predicted octanol–water partition coefficient (Wildman–Crippen LogP) is -0.933. The minimum atomic E-state index is -3.52. The van der Waals surface area contributed by atoms with E-state index in [1.165, 1.54) is 17.7 Å². The van der Waals surface area contributed by atoms with Crippen LogP contribution in [0.25, 0.3) is 0 Å². The second-order valence-electron chi connectivity index (χ2n) is 4.78. The second kappa shape index (κ2) is 6.96. The van der Waals surface area contributed by atoms with Crippen LogP contribution in [0.2, 0.25) is 0 Å². The van der Waals surface area contributed by atoms with Crippen molar-refractivity contribution < 1.29 is 17.9 Å². The molecule has 0 amide bonds. The summed E-state index contributed by atoms with van der Waals surface area (Å²) in [4.78, 5) is 15.3. The van der Waals surface area contributed by atoms with E-state index >= 15 is 0 Å². The first-order valence-corrected chi connectivity index (χ1v) is 8.13. The smallest absolute Gasteiger partial charge is 0.308 e. The maximum Gasteiger partial charge on any atom is 0.308 e. The Kier molecular flexibility index (Phi) is 5.26. The summed E-state index contributed by atoms with van der Waals surface area (Å²) < 4.78 is 32.8. The van der Waals surface area contributed by atoms with Crippen LogP contribution in [0.4, 0.5) is 0 Å². The molecule has 9 nitrogen and oxygen atoms in total. The highest BCUT2D eigenvalue weighted by Crippen LogP contribution is 2.20. The first-order chi connectivity index (χ1) is 10.0. The Labute approximate surface area is 123 Å². The number of H-pyrrole nitrogens is 1. The van der Waals surface area contributed by atoms with E-state index in [1.54, 1.807) is 0 Å². The molecule has 0 radical (unpaired) electrons. The number of piperidine rings is 1. The van der Waals surface area contributed by atoms with Crippen LogP contribution in [0.3, 0.4) is 0 Å². The number of esters is 1. The van der Waals surface area contributed by atoms with Gasteiger partial charge < -0.3 is 4.74 Å². The van der Waals surface area contributed by atoms with Crippen molar-refractivity contribution in [3.8, 4) is 0 Å². The normalized spacial score (nSPS) is 17.8. The van der Waals surface area contributed by atoms with E-state index < -0.39 is 10.2 Å². The molecule has 0 aliphatic carbocycles. The molecule has 1 aromatic heterocycles. The van der Waals surface area contributed by atoms with Crippen molar-refractivity contribution in [1.29, 1.82) is 0 Å². The molecule has 0 unspecified atom stereocenters. The Bertz CT molecular complexity index is 551. The van der Waals surface area contributed by atoms with E-state index in [0.29, 0.717) is 38.2 Å². The van der Waals surface area contributed by atoms with Crippen LogP contribution < -0.4 is 4.72 Å². The summed E-state index contributed by atoms with van der Waals surface area (Å²) in [7, 11) is -2.18. The summed E-state index contributed by atoms with van der Waals surface area (Å²) in [6, 6.07) is 0. The first-order valence-electron chi connectivity index (χ1n) is 6.69. The zero-order valence-corrected chi connectivity index (χ0v) is 12.6. The highest BCUT2D eigenvalue weighted by atomic mass is 32.2. The second-order valence-corrected chi connectivity index (χ2v) is 6.53. The van der Waals surface area contributed by atoms with Gasteiger partial charge in [0.15, 0.2) is 0 Å². The van der Waals surface area contributed by atoms with Crippen LogP contribution in [-0.4, -0.2) is 60.6 Å². The third kappa shape index (κ3) is 4.22. The van der Waals surface area contributed by atoms with Crippen LogP contribution in [0.5, 0.6) is 0 Å². The summed E-state index contributed by atoms with van der Waals surface area (Å²) in [6.07, 6.45) is 2.78. The van der Waals surface area contributed by atoms with Crippen LogP contribution in [0.15, 0.2) is 6.33 Å². The van der Waals surface area contributed by atoms with E-state index in [0.717, 1.165) is 0 Å². The number of methoxy groups -OCH3 is 1. The van der Waals surface area contributed by atoms with Gasteiger partial charge in [-0.15, -0.1) is 0 Å². The molecule has 2 N–H and O–H groups in total. The molecule has 0 spiro atoms. The number of ether oxygens (including phenoxy) is 1. The van der Waals surface area contributed by atoms with Gasteiger partial charge in [0, 0.05) is 26.1 Å². The van der Waals surface area contributed by atoms with Crippen LogP contribution in [0.1, 0.15) is 18.7 Å². The number of hydrogen-bond acceptors (Lipinski definition) is 6. The van der Waals surface area contributed by atoms with Crippen molar-refractivity contribution in [2.24, 2.45) is 5.92 Å². The zero-order chi connectivity index (χ0) is 15.3. The van der Waals surface area contributed by atoms with E-state index in [-0.39, 0.29) is 18.4 Å². The lowest BCUT2D eigenvalue weighted by Crippen LogP contribution is -2.46. The number of nitrogens with one attached hydrogen (secondary N) is 2. The highest BCUT2D eigenvalue weighted by Gasteiger charge is 2.31. The van der Waals surface area contributed by atoms with Gasteiger partial charge in [0.05, 0.1) is 13.0 Å². The molecule has 1 aromatic rings. The molecule has 0 aromatic carbocycles. The summed E-state index contributed by atoms with van der Waals surface area (Å²) in [6.45, 7) is 0.878. The van der Waals surface area contributed by atoms with Gasteiger partial charge in [-0.05, 0) is 12.8 Å². The molecule has 1 aliphatic heterocycles. The number of aromatic nitrogens is 3. The number of nitrogens with zero attached hydrogens (tertiary/aromatic N) is 3. The van der Waals surface area contributed by atoms with E-state index in [9.17, 15) is 13.2 Å². The average Bonchev–Trinajstić information content (AvgIpc) is 2.99. The van der Waals surface area contributed by atoms with Crippen molar-refractivity contribution in [2.45, 2.75) is 19.3 Å². The minimum Gasteiger partial charge on any atom is -0.469 e. The molecule has 1 aliphatic rings. The topological polar surface area (TPSA) is 117 Å². The van der Waals surface area contributed by atoms with Crippen molar-refractivity contribution >= 4 is 16.2 Å². The fourth-order valence-electron chi connectivity index (χ4n) is 2.24. The Morgan fingerprint density at radius 1 is 1.52 bits per heavy atom. The molecule has 0 atom stereocenters. The molecule has 2 rings (SSSR count). The lowest BCUT2D eigenvalue weighted by atomic mass is 9.99. The first kappa shape index (κ1) is 15.9. The van der Waals surface area contributed by atoms with Crippen LogP contribution in [0, 0.1) is 5.92 Å². The molecule has 10 heteroatoms. The fourth-order valence-corrected chi connectivity index (χ4v) is 3.47. The van der Waals surface area contributed by atoms with Crippen LogP contribution in [-0.2, 0) is 26.2 Å². The summed E-state index contributed by atoms with van der Waals surface area (Å²) >= 11 is 0. The van der Waals surface area contributed by atoms with E-state index in [1.807, 2.05) is 0 Å². The van der Waals surface area contributed by atoms with Gasteiger partial charge in [-0.2, -0.15) is 17.8 Å². The largest absolute Gasteiger partial charge is 0.469 e. The van der Waals surface area contributed by atoms with Gasteiger partial charge in [-0.25, -0.2) is 9.71 Å². The Morgan fingerprint density at radius 3 is 2.81 bits per heavy atom. The van der Waals surface area contributed by atoms with Crippen molar-refractivity contribution in [1.82, 2.24) is 24.2 Å². The lowest BCUT2D eigenvalue weighted by Gasteiger charge is -2.29. The molecule has 118 valence electrons. The van der Waals surface area contributed by atoms with E-state index in [4.69, 9.17) is 0 Å². The maximum atomic E-state index is 12.1. The quantitative estimate of drug-likeness (QED) is 0.654. The number of rotatable bonds is 6. The van der Waals surface area contributed by atoms with Crippen molar-refractivity contribution in [3.05, 3.63) is 12.2 Å². The van der Waals surface area contributed by atoms with E-state index in [2.05, 4.69) is 24.6 Å². The Morgan fingerprint density at radius 2 is 2.24 bits per heavy atom. The minimum absolute atomic E-state index is 0.212. The van der Waals surface area contributed by atoms with Gasteiger partial charge in [-0.1, -0.05) is 0 Å². The van der Waals surface area contributed by atoms with Gasteiger partial charge in [0.25, 0.3) is 10.2 Å². The van der Waals surface area contributed by atoms with Gasteiger partial charge in [0.1, 0.15) is 12.2 Å². The lowest BCUT2D eigenvalue weighted by molar-refractivity contribution is -0.146. The molecule has 2 heterocycles. The monoisotopic (exact) mass is 317 g/mol. The molecule has 0 bridgehead atoms. The van der Waals surface area contributed by atoms with Gasteiger partial charge in [0.2, 0.25) is 0 Å². The number of carbonyl (C=O) groups excluding carboxylic acids is 1. The highest BCUT2D eigenvalue weighted by molar-refractivity contribution is 7.87. The maximum absolute atomic E-state index is 12.1. The zero-order valence-electron chi connectivity index (χ0n) is 11.8. The summed E-state index contributed by atoms with van der Waals surface area (Å²) in [5.41, 5.74) is 0. The Hall–Kier alpha value is -1.52. The standard InChI is InChI=1S/C11H19N5O4S/c1-20-11(17)9-3-6-16(7-4-9)21(18,19)14-5-2-10-12-8-13-15-10/h8-9,14H,2-7H2,1H3,(H,12,13,15). The molecule has 1 fully saturated rings. The van der Waals surface area contributed by atoms with Crippen molar-refractivity contribution in [2.75, 3.05) is 26.7 Å². The van der Waals surface area contributed by atoms with Crippen molar-refractivity contribution in [3.63, 3.8) is 0 Å². The Balaban J connectivity index is 1.79. The number of carbonyl (C=O) groups is 1. The molecular weight excluding hydrogens is 298 g/mol. The average molecular weight is 317 g/mol. The third-order valence-electron chi connectivity index (χ3n) is 3.44. The molecule has 0 saturated carbocycles. The fraction of sp³-hybridized carbons (Fsp3) is 0.727. The predicted molar refractivity (Wildman–Crippen MR) is 73.3 cm³/mol. The summed E-state index contributed by atoms with van der Waals surface area (Å²) in [5, 5.41) is 6.36. The number of hydrogen-bond donors (Lipinski definition) is 2. The van der Waals surface area contributed by atoms with Crippen LogP contribution >= 0.6 is 0 Å². The molecule has 1 saturated heterocycles. The third-order valence-corrected chi connectivity index (χ3v) is 5.05. The molecule has 21 heavy (non-hydrogen) atoms. The summed E-state index contributed by atoms with van der Waals surface area (Å²) in [5.74, 6) is 0.142. The van der Waals surface area contributed by atoms with Gasteiger partial charge >= 0.3 is 5.97 Å².